The predicted octanol–water partition coefficient (Wildman–Crippen LogP) is -0.488. The summed E-state index contributed by atoms with van der Waals surface area (Å²) >= 11 is 0. The first-order valence-corrected chi connectivity index (χ1v) is 3.31. The molecule has 1 aliphatic heterocycles. The van der Waals surface area contributed by atoms with Gasteiger partial charge in [0.15, 0.2) is 0 Å². The molecule has 62 valence electrons. The van der Waals surface area contributed by atoms with Crippen LogP contribution in [0.5, 0.6) is 0 Å². The van der Waals surface area contributed by atoms with E-state index in [1.165, 1.54) is 0 Å². The van der Waals surface area contributed by atoms with Crippen molar-refractivity contribution < 1.29 is 10.2 Å². The van der Waals surface area contributed by atoms with Gasteiger partial charge >= 0.3 is 0 Å². The summed E-state index contributed by atoms with van der Waals surface area (Å²) in [5.41, 5.74) is 0. The molecule has 10 heavy (non-hydrogen) atoms. The summed E-state index contributed by atoms with van der Waals surface area (Å²) in [6, 6.07) is 0.0359. The topological polar surface area (TPSA) is 52.5 Å². The molecule has 1 heterocycles. The number of piperidine rings is 1. The number of hydrogen-bond acceptors (Lipinski definition) is 3. The van der Waals surface area contributed by atoms with Crippen LogP contribution in [0.1, 0.15) is 13.3 Å². The van der Waals surface area contributed by atoms with E-state index in [1.54, 1.807) is 0 Å². The highest BCUT2D eigenvalue weighted by molar-refractivity contribution is 5.85. The van der Waals surface area contributed by atoms with Gasteiger partial charge in [-0.2, -0.15) is 0 Å². The molecule has 0 aromatic carbocycles. The molecule has 3 atom stereocenters. The standard InChI is InChI=1S/C6H13NO2.ClH/c1-4-6(9)5(8)2-3-7-4;/h4-9H,2-3H2,1H3;1H/t4-,5-,6-;/m1./s1. The summed E-state index contributed by atoms with van der Waals surface area (Å²) in [6.07, 6.45) is -0.453. The first kappa shape index (κ1) is 10.2. The van der Waals surface area contributed by atoms with E-state index < -0.39 is 12.2 Å². The summed E-state index contributed by atoms with van der Waals surface area (Å²) in [4.78, 5) is 0. The van der Waals surface area contributed by atoms with E-state index in [0.29, 0.717) is 6.42 Å². The number of aliphatic hydroxyl groups excluding tert-OH is 2. The monoisotopic (exact) mass is 167 g/mol. The van der Waals surface area contributed by atoms with E-state index in [0.717, 1.165) is 6.54 Å². The van der Waals surface area contributed by atoms with Gasteiger partial charge in [0.25, 0.3) is 0 Å². The number of halogens is 1. The number of hydrogen-bond donors (Lipinski definition) is 3. The molecule has 1 saturated heterocycles. The highest BCUT2D eigenvalue weighted by atomic mass is 35.5. The Hall–Kier alpha value is 0.170. The summed E-state index contributed by atoms with van der Waals surface area (Å²) in [5.74, 6) is 0. The van der Waals surface area contributed by atoms with E-state index in [1.807, 2.05) is 6.92 Å². The van der Waals surface area contributed by atoms with Crippen molar-refractivity contribution in [2.75, 3.05) is 6.54 Å². The highest BCUT2D eigenvalue weighted by Gasteiger charge is 2.26. The minimum absolute atomic E-state index is 0. The molecule has 0 aromatic heterocycles. The van der Waals surface area contributed by atoms with Crippen molar-refractivity contribution in [3.63, 3.8) is 0 Å². The van der Waals surface area contributed by atoms with Crippen LogP contribution in [0, 0.1) is 0 Å². The van der Waals surface area contributed by atoms with Crippen LogP contribution in [0.2, 0.25) is 0 Å². The Labute approximate surface area is 66.8 Å². The molecule has 3 N–H and O–H groups in total. The van der Waals surface area contributed by atoms with Gasteiger partial charge in [-0.3, -0.25) is 0 Å². The highest BCUT2D eigenvalue weighted by Crippen LogP contribution is 2.07. The van der Waals surface area contributed by atoms with Crippen LogP contribution in [-0.4, -0.2) is 35.0 Å². The molecule has 4 heteroatoms. The third kappa shape index (κ3) is 2.09. The van der Waals surface area contributed by atoms with Gasteiger partial charge in [0.05, 0.1) is 12.2 Å². The first-order valence-electron chi connectivity index (χ1n) is 3.31. The van der Waals surface area contributed by atoms with Crippen molar-refractivity contribution in [2.24, 2.45) is 0 Å². The maximum Gasteiger partial charge on any atom is 0.0949 e. The van der Waals surface area contributed by atoms with Crippen LogP contribution in [0.4, 0.5) is 0 Å². The van der Waals surface area contributed by atoms with Gasteiger partial charge in [0, 0.05) is 6.04 Å². The minimum atomic E-state index is -0.584. The largest absolute Gasteiger partial charge is 0.390 e. The predicted molar refractivity (Wildman–Crippen MR) is 41.3 cm³/mol. The third-order valence-corrected chi connectivity index (χ3v) is 1.81. The van der Waals surface area contributed by atoms with Crippen LogP contribution in [0.25, 0.3) is 0 Å². The van der Waals surface area contributed by atoms with Crippen molar-refractivity contribution in [3.8, 4) is 0 Å². The van der Waals surface area contributed by atoms with Crippen molar-refractivity contribution >= 4 is 12.4 Å². The normalized spacial score (nSPS) is 40.5. The Bertz CT molecular complexity index is 91.7. The second-order valence-electron chi connectivity index (χ2n) is 2.59. The molecule has 1 aliphatic rings. The van der Waals surface area contributed by atoms with Crippen LogP contribution < -0.4 is 5.32 Å². The molecule has 0 saturated carbocycles. The summed E-state index contributed by atoms with van der Waals surface area (Å²) in [5, 5.41) is 21.2. The summed E-state index contributed by atoms with van der Waals surface area (Å²) in [6.45, 7) is 2.67. The van der Waals surface area contributed by atoms with Gasteiger partial charge in [0.2, 0.25) is 0 Å². The smallest absolute Gasteiger partial charge is 0.0949 e. The molecule has 0 spiro atoms. The fraction of sp³-hybridized carbons (Fsp3) is 1.00. The van der Waals surface area contributed by atoms with Crippen molar-refractivity contribution in [1.29, 1.82) is 0 Å². The van der Waals surface area contributed by atoms with Gasteiger partial charge < -0.3 is 15.5 Å². The Balaban J connectivity index is 0.000000810. The molecule has 1 fully saturated rings. The quantitative estimate of drug-likeness (QED) is 0.457. The van der Waals surface area contributed by atoms with E-state index in [-0.39, 0.29) is 18.4 Å². The number of rotatable bonds is 0. The maximum absolute atomic E-state index is 9.13. The lowest BCUT2D eigenvalue weighted by atomic mass is 10.0. The molecule has 0 bridgehead atoms. The van der Waals surface area contributed by atoms with Gasteiger partial charge in [-0.1, -0.05) is 0 Å². The van der Waals surface area contributed by atoms with E-state index in [2.05, 4.69) is 5.32 Å². The van der Waals surface area contributed by atoms with Crippen molar-refractivity contribution in [1.82, 2.24) is 5.32 Å². The van der Waals surface area contributed by atoms with Crippen LogP contribution in [0.15, 0.2) is 0 Å². The lowest BCUT2D eigenvalue weighted by Gasteiger charge is -2.30. The Kier molecular flexibility index (Phi) is 4.20. The Morgan fingerprint density at radius 1 is 1.40 bits per heavy atom. The van der Waals surface area contributed by atoms with Gasteiger partial charge in [-0.15, -0.1) is 12.4 Å². The fourth-order valence-corrected chi connectivity index (χ4v) is 1.08. The number of aliphatic hydroxyl groups is 2. The summed E-state index contributed by atoms with van der Waals surface area (Å²) < 4.78 is 0. The first-order chi connectivity index (χ1) is 4.22. The summed E-state index contributed by atoms with van der Waals surface area (Å²) in [7, 11) is 0. The molecule has 1 rings (SSSR count). The van der Waals surface area contributed by atoms with Crippen molar-refractivity contribution in [3.05, 3.63) is 0 Å². The van der Waals surface area contributed by atoms with E-state index in [9.17, 15) is 0 Å². The molecule has 0 aliphatic carbocycles. The molecule has 0 aromatic rings. The van der Waals surface area contributed by atoms with Crippen molar-refractivity contribution in [2.45, 2.75) is 31.6 Å². The molecular formula is C6H14ClNO2. The van der Waals surface area contributed by atoms with Gasteiger partial charge in [-0.05, 0) is 19.9 Å². The van der Waals surface area contributed by atoms with E-state index in [4.69, 9.17) is 10.2 Å². The lowest BCUT2D eigenvalue weighted by Crippen LogP contribution is -2.50. The Morgan fingerprint density at radius 2 is 2.00 bits per heavy atom. The van der Waals surface area contributed by atoms with Crippen LogP contribution in [0.3, 0.4) is 0 Å². The molecule has 0 radical (unpaired) electrons. The zero-order chi connectivity index (χ0) is 6.85. The minimum Gasteiger partial charge on any atom is -0.390 e. The zero-order valence-corrected chi connectivity index (χ0v) is 6.77. The second-order valence-corrected chi connectivity index (χ2v) is 2.59. The van der Waals surface area contributed by atoms with Crippen LogP contribution in [-0.2, 0) is 0 Å². The second kappa shape index (κ2) is 4.13. The zero-order valence-electron chi connectivity index (χ0n) is 5.95. The fourth-order valence-electron chi connectivity index (χ4n) is 1.08. The Morgan fingerprint density at radius 3 is 2.40 bits per heavy atom. The lowest BCUT2D eigenvalue weighted by molar-refractivity contribution is -0.0220. The maximum atomic E-state index is 9.13. The molecule has 0 unspecified atom stereocenters. The molecule has 3 nitrogen and oxygen atoms in total. The van der Waals surface area contributed by atoms with Gasteiger partial charge in [-0.25, -0.2) is 0 Å². The average Bonchev–Trinajstić information content (AvgIpc) is 1.83. The van der Waals surface area contributed by atoms with Crippen LogP contribution >= 0.6 is 12.4 Å². The van der Waals surface area contributed by atoms with Gasteiger partial charge in [0.1, 0.15) is 0 Å². The SMILES string of the molecule is C[C@H]1NCC[C@@H](O)[C@@H]1O.Cl. The third-order valence-electron chi connectivity index (χ3n) is 1.81. The average molecular weight is 168 g/mol. The molecule has 0 amide bonds. The van der Waals surface area contributed by atoms with E-state index >= 15 is 0 Å². The molecular weight excluding hydrogens is 154 g/mol. The number of nitrogens with one attached hydrogen (secondary N) is 1.